The van der Waals surface area contributed by atoms with E-state index in [4.69, 9.17) is 18.7 Å². The molecule has 1 fully saturated rings. The maximum absolute atomic E-state index is 11.9. The Bertz CT molecular complexity index is 667. The monoisotopic (exact) mass is 346 g/mol. The van der Waals surface area contributed by atoms with Gasteiger partial charge >= 0.3 is 5.97 Å². The molecule has 1 saturated heterocycles. The zero-order valence-corrected chi connectivity index (χ0v) is 14.2. The van der Waals surface area contributed by atoms with Crippen LogP contribution in [-0.4, -0.2) is 41.5 Å². The molecule has 2 heterocycles. The van der Waals surface area contributed by atoms with Gasteiger partial charge in [-0.15, -0.1) is 0 Å². The van der Waals surface area contributed by atoms with Crippen molar-refractivity contribution >= 4 is 5.97 Å². The van der Waals surface area contributed by atoms with Gasteiger partial charge in [0.25, 0.3) is 5.89 Å². The molecule has 1 aromatic carbocycles. The van der Waals surface area contributed by atoms with Crippen LogP contribution in [-0.2, 0) is 32.0 Å². The standard InChI is InChI=1S/C18H22N2O5/c1-13(23-11-15-8-5-9-22-15)18(21)24-12-17-19-16(20-25-17)10-14-6-3-2-4-7-14/h2-4,6-7,13,15H,5,8-12H2,1H3. The van der Waals surface area contributed by atoms with E-state index in [0.717, 1.165) is 25.0 Å². The fourth-order valence-corrected chi connectivity index (χ4v) is 2.54. The highest BCUT2D eigenvalue weighted by Crippen LogP contribution is 2.13. The molecule has 0 N–H and O–H groups in total. The molecule has 2 aromatic rings. The van der Waals surface area contributed by atoms with Crippen molar-refractivity contribution in [2.45, 2.75) is 45.0 Å². The van der Waals surface area contributed by atoms with Gasteiger partial charge < -0.3 is 18.7 Å². The summed E-state index contributed by atoms with van der Waals surface area (Å²) in [5.74, 6) is 0.367. The van der Waals surface area contributed by atoms with Crippen molar-refractivity contribution in [2.24, 2.45) is 0 Å². The number of esters is 1. The molecule has 0 radical (unpaired) electrons. The lowest BCUT2D eigenvalue weighted by molar-refractivity contribution is -0.160. The summed E-state index contributed by atoms with van der Waals surface area (Å²) in [5, 5.41) is 3.90. The molecule has 1 aromatic heterocycles. The van der Waals surface area contributed by atoms with Crippen molar-refractivity contribution in [1.29, 1.82) is 0 Å². The minimum Gasteiger partial charge on any atom is -0.454 e. The summed E-state index contributed by atoms with van der Waals surface area (Å²) in [5.41, 5.74) is 1.09. The Morgan fingerprint density at radius 3 is 2.96 bits per heavy atom. The summed E-state index contributed by atoms with van der Waals surface area (Å²) in [7, 11) is 0. The molecule has 7 nitrogen and oxygen atoms in total. The van der Waals surface area contributed by atoms with Crippen LogP contribution in [0.1, 0.15) is 37.0 Å². The molecule has 0 bridgehead atoms. The summed E-state index contributed by atoms with van der Waals surface area (Å²) in [6.45, 7) is 2.76. The Balaban J connectivity index is 1.41. The third-order valence-corrected chi connectivity index (χ3v) is 3.94. The van der Waals surface area contributed by atoms with Crippen molar-refractivity contribution in [3.05, 3.63) is 47.6 Å². The van der Waals surface area contributed by atoms with Crippen molar-refractivity contribution in [3.63, 3.8) is 0 Å². The van der Waals surface area contributed by atoms with Crippen molar-refractivity contribution in [1.82, 2.24) is 10.1 Å². The predicted molar refractivity (Wildman–Crippen MR) is 87.7 cm³/mol. The average Bonchev–Trinajstić information content (AvgIpc) is 3.30. The highest BCUT2D eigenvalue weighted by Gasteiger charge is 2.21. The van der Waals surface area contributed by atoms with Gasteiger partial charge in [0.1, 0.15) is 0 Å². The number of carbonyl (C=O) groups is 1. The number of hydrogen-bond acceptors (Lipinski definition) is 7. The van der Waals surface area contributed by atoms with Gasteiger partial charge in [0.05, 0.1) is 12.7 Å². The fraction of sp³-hybridized carbons (Fsp3) is 0.500. The van der Waals surface area contributed by atoms with E-state index in [9.17, 15) is 4.79 Å². The number of aromatic nitrogens is 2. The first-order chi connectivity index (χ1) is 12.2. The fourth-order valence-electron chi connectivity index (χ4n) is 2.54. The first kappa shape index (κ1) is 17.6. The lowest BCUT2D eigenvalue weighted by atomic mass is 10.1. The number of hydrogen-bond donors (Lipinski definition) is 0. The molecule has 2 unspecified atom stereocenters. The number of rotatable bonds is 8. The maximum atomic E-state index is 11.9. The second-order valence-corrected chi connectivity index (χ2v) is 5.99. The Morgan fingerprint density at radius 1 is 1.36 bits per heavy atom. The lowest BCUT2D eigenvalue weighted by Crippen LogP contribution is -2.27. The second kappa shape index (κ2) is 8.73. The Kier molecular flexibility index (Phi) is 6.14. The van der Waals surface area contributed by atoms with Crippen LogP contribution >= 0.6 is 0 Å². The van der Waals surface area contributed by atoms with Crippen LogP contribution in [0.2, 0.25) is 0 Å². The van der Waals surface area contributed by atoms with E-state index in [-0.39, 0.29) is 18.6 Å². The minimum atomic E-state index is -0.657. The van der Waals surface area contributed by atoms with Gasteiger partial charge in [-0.2, -0.15) is 4.98 Å². The zero-order chi connectivity index (χ0) is 17.5. The Labute approximate surface area is 146 Å². The maximum Gasteiger partial charge on any atom is 0.335 e. The smallest absolute Gasteiger partial charge is 0.335 e. The molecule has 1 aliphatic rings. The van der Waals surface area contributed by atoms with E-state index in [1.54, 1.807) is 6.92 Å². The molecule has 25 heavy (non-hydrogen) atoms. The van der Waals surface area contributed by atoms with Gasteiger partial charge in [-0.3, -0.25) is 0 Å². The highest BCUT2D eigenvalue weighted by atomic mass is 16.6. The molecule has 1 aliphatic heterocycles. The van der Waals surface area contributed by atoms with E-state index in [1.165, 1.54) is 0 Å². The van der Waals surface area contributed by atoms with E-state index in [0.29, 0.717) is 18.9 Å². The second-order valence-electron chi connectivity index (χ2n) is 5.99. The summed E-state index contributed by atoms with van der Waals surface area (Å²) in [6, 6.07) is 9.84. The van der Waals surface area contributed by atoms with Gasteiger partial charge in [0, 0.05) is 13.0 Å². The third kappa shape index (κ3) is 5.37. The van der Waals surface area contributed by atoms with Crippen molar-refractivity contribution < 1.29 is 23.5 Å². The number of benzene rings is 1. The normalized spacial score (nSPS) is 18.2. The number of ether oxygens (including phenoxy) is 3. The van der Waals surface area contributed by atoms with Gasteiger partial charge in [0.15, 0.2) is 18.5 Å². The lowest BCUT2D eigenvalue weighted by Gasteiger charge is -2.14. The SMILES string of the molecule is CC(OCC1CCCO1)C(=O)OCc1nc(Cc2ccccc2)no1. The highest BCUT2D eigenvalue weighted by molar-refractivity contribution is 5.74. The average molecular weight is 346 g/mol. The third-order valence-electron chi connectivity index (χ3n) is 3.94. The van der Waals surface area contributed by atoms with Crippen LogP contribution < -0.4 is 0 Å². The molecule has 3 rings (SSSR count). The minimum absolute atomic E-state index is 0.0613. The molecule has 0 amide bonds. The molecule has 2 atom stereocenters. The topological polar surface area (TPSA) is 83.7 Å². The first-order valence-electron chi connectivity index (χ1n) is 8.46. The zero-order valence-electron chi connectivity index (χ0n) is 14.2. The van der Waals surface area contributed by atoms with Gasteiger partial charge in [-0.25, -0.2) is 4.79 Å². The van der Waals surface area contributed by atoms with Crippen LogP contribution in [0.15, 0.2) is 34.9 Å². The van der Waals surface area contributed by atoms with Crippen LogP contribution in [0.5, 0.6) is 0 Å². The van der Waals surface area contributed by atoms with E-state index < -0.39 is 12.1 Å². The summed E-state index contributed by atoms with van der Waals surface area (Å²) in [6.07, 6.45) is 1.99. The van der Waals surface area contributed by atoms with Crippen LogP contribution in [0.25, 0.3) is 0 Å². The molecule has 7 heteroatoms. The first-order valence-corrected chi connectivity index (χ1v) is 8.46. The molecule has 0 aliphatic carbocycles. The van der Waals surface area contributed by atoms with Crippen LogP contribution in [0.3, 0.4) is 0 Å². The summed E-state index contributed by atoms with van der Waals surface area (Å²) >= 11 is 0. The van der Waals surface area contributed by atoms with Crippen LogP contribution in [0.4, 0.5) is 0 Å². The molecule has 0 spiro atoms. The van der Waals surface area contributed by atoms with Gasteiger partial charge in [-0.1, -0.05) is 35.5 Å². The Morgan fingerprint density at radius 2 is 2.20 bits per heavy atom. The Hall–Kier alpha value is -2.25. The van der Waals surface area contributed by atoms with Crippen molar-refractivity contribution in [3.8, 4) is 0 Å². The van der Waals surface area contributed by atoms with Gasteiger partial charge in [0.2, 0.25) is 0 Å². The van der Waals surface area contributed by atoms with E-state index >= 15 is 0 Å². The van der Waals surface area contributed by atoms with E-state index in [1.807, 2.05) is 30.3 Å². The number of carbonyl (C=O) groups excluding carboxylic acids is 1. The van der Waals surface area contributed by atoms with E-state index in [2.05, 4.69) is 10.1 Å². The molecular formula is C18H22N2O5. The quantitative estimate of drug-likeness (QED) is 0.678. The molecular weight excluding hydrogens is 324 g/mol. The summed E-state index contributed by atoms with van der Waals surface area (Å²) < 4.78 is 21.2. The molecule has 0 saturated carbocycles. The predicted octanol–water partition coefficient (Wildman–Crippen LogP) is 2.29. The number of nitrogens with zero attached hydrogens (tertiary/aromatic N) is 2. The van der Waals surface area contributed by atoms with Crippen molar-refractivity contribution in [2.75, 3.05) is 13.2 Å². The van der Waals surface area contributed by atoms with Crippen LogP contribution in [0, 0.1) is 0 Å². The largest absolute Gasteiger partial charge is 0.454 e. The van der Waals surface area contributed by atoms with Gasteiger partial charge in [-0.05, 0) is 25.3 Å². The molecule has 134 valence electrons. The summed E-state index contributed by atoms with van der Waals surface area (Å²) in [4.78, 5) is 16.2.